The highest BCUT2D eigenvalue weighted by Crippen LogP contribution is 2.33. The minimum absolute atomic E-state index is 0.172. The van der Waals surface area contributed by atoms with E-state index < -0.39 is 17.6 Å². The maximum atomic E-state index is 13.5. The molecule has 116 valence electrons. The van der Waals surface area contributed by atoms with Crippen molar-refractivity contribution in [3.05, 3.63) is 59.8 Å². The number of benzene rings is 2. The minimum atomic E-state index is -1.28. The van der Waals surface area contributed by atoms with Gasteiger partial charge in [0.15, 0.2) is 0 Å². The van der Waals surface area contributed by atoms with E-state index in [9.17, 15) is 18.7 Å². The van der Waals surface area contributed by atoms with Gasteiger partial charge in [-0.2, -0.15) is 0 Å². The number of anilines is 2. The van der Waals surface area contributed by atoms with Crippen molar-refractivity contribution in [3.63, 3.8) is 0 Å². The fourth-order valence-electron chi connectivity index (χ4n) is 2.22. The summed E-state index contributed by atoms with van der Waals surface area (Å²) in [6, 6.07) is 7.40. The molecule has 23 heavy (non-hydrogen) atoms. The van der Waals surface area contributed by atoms with Crippen LogP contribution < -0.4 is 5.32 Å². The fourth-order valence-corrected chi connectivity index (χ4v) is 2.46. The zero-order chi connectivity index (χ0) is 16.6. The van der Waals surface area contributed by atoms with Gasteiger partial charge < -0.3 is 10.4 Å². The number of aromatic carboxylic acids is 1. The SMILES string of the molecule is O=C(O)c1cc(F)ccc1Nc1c(S)cnc2ccc(F)cc12. The van der Waals surface area contributed by atoms with Gasteiger partial charge in [0.1, 0.15) is 11.6 Å². The molecule has 1 aromatic heterocycles. The van der Waals surface area contributed by atoms with Gasteiger partial charge in [-0.25, -0.2) is 13.6 Å². The van der Waals surface area contributed by atoms with Crippen molar-refractivity contribution in [1.29, 1.82) is 0 Å². The third-order valence-corrected chi connectivity index (χ3v) is 3.62. The lowest BCUT2D eigenvalue weighted by Gasteiger charge is -2.14. The molecule has 0 spiro atoms. The van der Waals surface area contributed by atoms with Gasteiger partial charge in [-0.05, 0) is 36.4 Å². The van der Waals surface area contributed by atoms with Gasteiger partial charge in [0.25, 0.3) is 0 Å². The number of nitrogens with zero attached hydrogens (tertiary/aromatic N) is 1. The second-order valence-corrected chi connectivity index (χ2v) is 5.28. The lowest BCUT2D eigenvalue weighted by atomic mass is 10.1. The van der Waals surface area contributed by atoms with Crippen molar-refractivity contribution in [2.75, 3.05) is 5.32 Å². The summed E-state index contributed by atoms with van der Waals surface area (Å²) in [7, 11) is 0. The number of rotatable bonds is 3. The Morgan fingerprint density at radius 3 is 2.57 bits per heavy atom. The second kappa shape index (κ2) is 5.85. The molecule has 0 aliphatic heterocycles. The van der Waals surface area contributed by atoms with Crippen molar-refractivity contribution in [2.45, 2.75) is 4.90 Å². The molecule has 0 bridgehead atoms. The van der Waals surface area contributed by atoms with Crippen molar-refractivity contribution >= 4 is 40.9 Å². The Morgan fingerprint density at radius 1 is 1.13 bits per heavy atom. The maximum Gasteiger partial charge on any atom is 0.337 e. The van der Waals surface area contributed by atoms with Gasteiger partial charge in [0.2, 0.25) is 0 Å². The Labute approximate surface area is 135 Å². The van der Waals surface area contributed by atoms with E-state index in [1.165, 1.54) is 30.5 Å². The van der Waals surface area contributed by atoms with Crippen LogP contribution >= 0.6 is 12.6 Å². The Bertz CT molecular complexity index is 926. The van der Waals surface area contributed by atoms with E-state index in [1.807, 2.05) is 0 Å². The minimum Gasteiger partial charge on any atom is -0.478 e. The number of pyridine rings is 1. The number of hydrogen-bond acceptors (Lipinski definition) is 4. The topological polar surface area (TPSA) is 62.2 Å². The highest BCUT2D eigenvalue weighted by atomic mass is 32.1. The molecule has 0 aliphatic carbocycles. The van der Waals surface area contributed by atoms with Gasteiger partial charge in [-0.3, -0.25) is 4.98 Å². The average molecular weight is 332 g/mol. The van der Waals surface area contributed by atoms with Gasteiger partial charge in [-0.15, -0.1) is 12.6 Å². The zero-order valence-corrected chi connectivity index (χ0v) is 12.4. The van der Waals surface area contributed by atoms with E-state index in [1.54, 1.807) is 0 Å². The summed E-state index contributed by atoms with van der Waals surface area (Å²) in [4.78, 5) is 15.8. The van der Waals surface area contributed by atoms with E-state index in [0.29, 0.717) is 21.5 Å². The molecule has 4 nitrogen and oxygen atoms in total. The van der Waals surface area contributed by atoms with Gasteiger partial charge in [0, 0.05) is 16.5 Å². The molecule has 3 aromatic rings. The first-order valence-electron chi connectivity index (χ1n) is 6.53. The maximum absolute atomic E-state index is 13.5. The van der Waals surface area contributed by atoms with Crippen LogP contribution in [0.5, 0.6) is 0 Å². The highest BCUT2D eigenvalue weighted by molar-refractivity contribution is 7.80. The molecule has 2 N–H and O–H groups in total. The summed E-state index contributed by atoms with van der Waals surface area (Å²) in [5, 5.41) is 12.5. The van der Waals surface area contributed by atoms with Crippen LogP contribution in [0, 0.1) is 11.6 Å². The number of carboxylic acids is 1. The molecule has 3 rings (SSSR count). The smallest absolute Gasteiger partial charge is 0.337 e. The molecule has 7 heteroatoms. The Balaban J connectivity index is 2.17. The molecule has 0 fully saturated rings. The molecular formula is C16H10F2N2O2S. The largest absolute Gasteiger partial charge is 0.478 e. The van der Waals surface area contributed by atoms with Crippen molar-refractivity contribution in [1.82, 2.24) is 4.98 Å². The average Bonchev–Trinajstić information content (AvgIpc) is 2.51. The summed E-state index contributed by atoms with van der Waals surface area (Å²) in [6.07, 6.45) is 1.47. The number of fused-ring (bicyclic) bond motifs is 1. The summed E-state index contributed by atoms with van der Waals surface area (Å²) in [5.74, 6) is -2.40. The number of carbonyl (C=O) groups is 1. The number of thiol groups is 1. The van der Waals surface area contributed by atoms with Crippen LogP contribution in [0.3, 0.4) is 0 Å². The lowest BCUT2D eigenvalue weighted by molar-refractivity contribution is 0.0697. The molecule has 1 heterocycles. The van der Waals surface area contributed by atoms with E-state index in [4.69, 9.17) is 0 Å². The van der Waals surface area contributed by atoms with Crippen LogP contribution in [0.4, 0.5) is 20.2 Å². The van der Waals surface area contributed by atoms with Crippen LogP contribution in [0.2, 0.25) is 0 Å². The van der Waals surface area contributed by atoms with Gasteiger partial charge >= 0.3 is 5.97 Å². The van der Waals surface area contributed by atoms with E-state index in [0.717, 1.165) is 12.1 Å². The highest BCUT2D eigenvalue weighted by Gasteiger charge is 2.14. The van der Waals surface area contributed by atoms with Crippen molar-refractivity contribution in [3.8, 4) is 0 Å². The molecular weight excluding hydrogens is 322 g/mol. The lowest BCUT2D eigenvalue weighted by Crippen LogP contribution is -2.04. The van der Waals surface area contributed by atoms with Crippen LogP contribution in [0.1, 0.15) is 10.4 Å². The summed E-state index contributed by atoms with van der Waals surface area (Å²) in [6.45, 7) is 0. The third kappa shape index (κ3) is 2.95. The summed E-state index contributed by atoms with van der Waals surface area (Å²) in [5.41, 5.74) is 0.850. The molecule has 0 amide bonds. The Hall–Kier alpha value is -2.67. The molecule has 0 saturated heterocycles. The van der Waals surface area contributed by atoms with Crippen molar-refractivity contribution in [2.24, 2.45) is 0 Å². The predicted octanol–water partition coefficient (Wildman–Crippen LogP) is 4.24. The second-order valence-electron chi connectivity index (χ2n) is 4.80. The Morgan fingerprint density at radius 2 is 1.83 bits per heavy atom. The van der Waals surface area contributed by atoms with E-state index in [2.05, 4.69) is 22.9 Å². The van der Waals surface area contributed by atoms with E-state index >= 15 is 0 Å². The molecule has 0 saturated carbocycles. The van der Waals surface area contributed by atoms with Crippen LogP contribution in [-0.4, -0.2) is 16.1 Å². The standard InChI is InChI=1S/C16H10F2N2O2S/c17-8-1-3-12-10(5-8)15(14(23)7-19-12)20-13-4-2-9(18)6-11(13)16(21)22/h1-7,23H,(H,19,20)(H,21,22). The summed E-state index contributed by atoms with van der Waals surface area (Å²) >= 11 is 4.28. The van der Waals surface area contributed by atoms with Gasteiger partial charge in [0.05, 0.1) is 22.5 Å². The third-order valence-electron chi connectivity index (χ3n) is 3.28. The molecule has 0 atom stereocenters. The molecule has 0 radical (unpaired) electrons. The number of hydrogen-bond donors (Lipinski definition) is 3. The van der Waals surface area contributed by atoms with Crippen LogP contribution in [0.25, 0.3) is 10.9 Å². The normalized spacial score (nSPS) is 10.7. The Kier molecular flexibility index (Phi) is 3.87. The van der Waals surface area contributed by atoms with Crippen LogP contribution in [0.15, 0.2) is 47.5 Å². The quantitative estimate of drug-likeness (QED) is 0.628. The first kappa shape index (κ1) is 15.2. The van der Waals surface area contributed by atoms with Gasteiger partial charge in [-0.1, -0.05) is 0 Å². The zero-order valence-electron chi connectivity index (χ0n) is 11.5. The number of aromatic nitrogens is 1. The summed E-state index contributed by atoms with van der Waals surface area (Å²) < 4.78 is 26.8. The molecule has 0 aliphatic rings. The molecule has 2 aromatic carbocycles. The first-order chi connectivity index (χ1) is 11.0. The van der Waals surface area contributed by atoms with E-state index in [-0.39, 0.29) is 11.3 Å². The number of halogens is 2. The van der Waals surface area contributed by atoms with Crippen LogP contribution in [-0.2, 0) is 0 Å². The number of carboxylic acid groups (broad SMARTS) is 1. The first-order valence-corrected chi connectivity index (χ1v) is 6.97. The number of nitrogens with one attached hydrogen (secondary N) is 1. The monoisotopic (exact) mass is 332 g/mol. The molecule has 0 unspecified atom stereocenters. The predicted molar refractivity (Wildman–Crippen MR) is 85.6 cm³/mol. The van der Waals surface area contributed by atoms with Crippen molar-refractivity contribution < 1.29 is 18.7 Å². The fraction of sp³-hybridized carbons (Fsp3) is 0.